The zero-order valence-corrected chi connectivity index (χ0v) is 8.49. The highest BCUT2D eigenvalue weighted by Crippen LogP contribution is 2.21. The van der Waals surface area contributed by atoms with Gasteiger partial charge in [-0.15, -0.1) is 0 Å². The van der Waals surface area contributed by atoms with Crippen molar-refractivity contribution in [2.75, 3.05) is 0 Å². The lowest BCUT2D eigenvalue weighted by molar-refractivity contribution is 1.00. The van der Waals surface area contributed by atoms with Gasteiger partial charge in [-0.05, 0) is 24.3 Å². The highest BCUT2D eigenvalue weighted by molar-refractivity contribution is 6.02. The number of aromatic amines is 1. The maximum absolute atomic E-state index is 4.56. The number of hydrogen-bond donors (Lipinski definition) is 1. The Kier molecular flexibility index (Phi) is 1.71. The molecule has 3 heteroatoms. The average molecular weight is 197 g/mol. The molecule has 3 nitrogen and oxygen atoms in total. The normalized spacial score (nSPS) is 11.3. The van der Waals surface area contributed by atoms with Gasteiger partial charge in [0.25, 0.3) is 0 Å². The van der Waals surface area contributed by atoms with Gasteiger partial charge in [-0.2, -0.15) is 0 Å². The number of hydrogen-bond acceptors (Lipinski definition) is 2. The van der Waals surface area contributed by atoms with E-state index in [1.807, 2.05) is 24.4 Å². The number of fused-ring (bicyclic) bond motifs is 3. The fourth-order valence-corrected chi connectivity index (χ4v) is 1.84. The molecule has 2 aromatic heterocycles. The first-order valence-corrected chi connectivity index (χ1v) is 5.11. The third-order valence-corrected chi connectivity index (χ3v) is 2.62. The summed E-state index contributed by atoms with van der Waals surface area (Å²) in [4.78, 5) is 12.2. The zero-order chi connectivity index (χ0) is 10.3. The van der Waals surface area contributed by atoms with Gasteiger partial charge in [-0.3, -0.25) is 4.98 Å². The summed E-state index contributed by atoms with van der Waals surface area (Å²) < 4.78 is 0. The third-order valence-electron chi connectivity index (χ3n) is 2.62. The highest BCUT2D eigenvalue weighted by atomic mass is 14.9. The Bertz CT molecular complexity index is 625. The zero-order valence-electron chi connectivity index (χ0n) is 8.49. The van der Waals surface area contributed by atoms with Crippen LogP contribution in [0.3, 0.4) is 0 Å². The third kappa shape index (κ3) is 1.20. The minimum absolute atomic E-state index is 0.927. The molecule has 0 amide bonds. The standard InChI is InChI=1S/C12H11N3/c1-2-11-14-10-6-5-9-8(12(10)15-11)4-3-7-13-9/h3-7H,2H2,1H3,(H,14,15). The van der Waals surface area contributed by atoms with Crippen LogP contribution in [-0.2, 0) is 6.42 Å². The van der Waals surface area contributed by atoms with Crippen molar-refractivity contribution in [3.63, 3.8) is 0 Å². The second-order valence-corrected chi connectivity index (χ2v) is 3.57. The molecule has 0 fully saturated rings. The number of benzene rings is 1. The number of imidazole rings is 1. The van der Waals surface area contributed by atoms with Crippen LogP contribution in [-0.4, -0.2) is 15.0 Å². The maximum Gasteiger partial charge on any atom is 0.106 e. The minimum atomic E-state index is 0.927. The molecule has 1 aromatic carbocycles. The van der Waals surface area contributed by atoms with Gasteiger partial charge in [0.15, 0.2) is 0 Å². The lowest BCUT2D eigenvalue weighted by atomic mass is 10.2. The molecule has 0 aliphatic rings. The molecule has 0 unspecified atom stereocenters. The van der Waals surface area contributed by atoms with Gasteiger partial charge >= 0.3 is 0 Å². The van der Waals surface area contributed by atoms with Crippen LogP contribution in [0, 0.1) is 0 Å². The van der Waals surface area contributed by atoms with Crippen molar-refractivity contribution < 1.29 is 0 Å². The quantitative estimate of drug-likeness (QED) is 0.651. The molecule has 74 valence electrons. The number of nitrogens with zero attached hydrogens (tertiary/aromatic N) is 2. The summed E-state index contributed by atoms with van der Waals surface area (Å²) >= 11 is 0. The van der Waals surface area contributed by atoms with Crippen LogP contribution >= 0.6 is 0 Å². The van der Waals surface area contributed by atoms with Crippen LogP contribution in [0.4, 0.5) is 0 Å². The van der Waals surface area contributed by atoms with Crippen molar-refractivity contribution in [2.24, 2.45) is 0 Å². The van der Waals surface area contributed by atoms with E-state index < -0.39 is 0 Å². The van der Waals surface area contributed by atoms with Crippen molar-refractivity contribution in [3.05, 3.63) is 36.3 Å². The Balaban J connectivity index is 2.47. The molecule has 15 heavy (non-hydrogen) atoms. The molecule has 0 spiro atoms. The van der Waals surface area contributed by atoms with Gasteiger partial charge in [0, 0.05) is 18.0 Å². The van der Waals surface area contributed by atoms with E-state index in [1.54, 1.807) is 0 Å². The van der Waals surface area contributed by atoms with Crippen molar-refractivity contribution in [1.82, 2.24) is 15.0 Å². The molecule has 3 rings (SSSR count). The number of pyridine rings is 1. The Hall–Kier alpha value is -1.90. The first-order valence-electron chi connectivity index (χ1n) is 5.11. The molecular formula is C12H11N3. The van der Waals surface area contributed by atoms with Gasteiger partial charge in [-0.25, -0.2) is 4.98 Å². The summed E-state index contributed by atoms with van der Waals surface area (Å²) in [5.74, 6) is 1.03. The van der Waals surface area contributed by atoms with Gasteiger partial charge in [0.1, 0.15) is 5.82 Å². The first kappa shape index (κ1) is 8.41. The van der Waals surface area contributed by atoms with Crippen molar-refractivity contribution in [1.29, 1.82) is 0 Å². The molecule has 0 atom stereocenters. The summed E-state index contributed by atoms with van der Waals surface area (Å²) in [6, 6.07) is 8.07. The summed E-state index contributed by atoms with van der Waals surface area (Å²) in [6.07, 6.45) is 2.73. The van der Waals surface area contributed by atoms with Crippen molar-refractivity contribution >= 4 is 21.9 Å². The average Bonchev–Trinajstić information content (AvgIpc) is 2.72. The Morgan fingerprint density at radius 2 is 2.20 bits per heavy atom. The van der Waals surface area contributed by atoms with Gasteiger partial charge in [0.05, 0.1) is 16.6 Å². The number of aryl methyl sites for hydroxylation is 1. The van der Waals surface area contributed by atoms with Crippen LogP contribution in [0.25, 0.3) is 21.9 Å². The summed E-state index contributed by atoms with van der Waals surface area (Å²) in [6.45, 7) is 2.10. The molecule has 1 N–H and O–H groups in total. The predicted octanol–water partition coefficient (Wildman–Crippen LogP) is 2.67. The fourth-order valence-electron chi connectivity index (χ4n) is 1.84. The Labute approximate surface area is 87.2 Å². The molecule has 0 bridgehead atoms. The van der Waals surface area contributed by atoms with E-state index >= 15 is 0 Å². The van der Waals surface area contributed by atoms with E-state index in [0.717, 1.165) is 34.2 Å². The van der Waals surface area contributed by atoms with E-state index in [1.165, 1.54) is 0 Å². The smallest absolute Gasteiger partial charge is 0.106 e. The van der Waals surface area contributed by atoms with E-state index in [0.29, 0.717) is 0 Å². The fraction of sp³-hybridized carbons (Fsp3) is 0.167. The molecule has 0 aliphatic heterocycles. The number of H-pyrrole nitrogens is 1. The second kappa shape index (κ2) is 3.05. The van der Waals surface area contributed by atoms with Crippen molar-refractivity contribution in [2.45, 2.75) is 13.3 Å². The number of rotatable bonds is 1. The molecular weight excluding hydrogens is 186 g/mol. The van der Waals surface area contributed by atoms with E-state index in [9.17, 15) is 0 Å². The lowest BCUT2D eigenvalue weighted by Gasteiger charge is -1.95. The summed E-state index contributed by atoms with van der Waals surface area (Å²) in [5, 5.41) is 1.12. The number of nitrogens with one attached hydrogen (secondary N) is 1. The van der Waals surface area contributed by atoms with Gasteiger partial charge in [0.2, 0.25) is 0 Å². The predicted molar refractivity (Wildman–Crippen MR) is 60.8 cm³/mol. The molecule has 0 aliphatic carbocycles. The maximum atomic E-state index is 4.56. The molecule has 2 heterocycles. The number of aromatic nitrogens is 3. The minimum Gasteiger partial charge on any atom is -0.342 e. The molecule has 0 saturated heterocycles. The van der Waals surface area contributed by atoms with Crippen LogP contribution in [0.5, 0.6) is 0 Å². The van der Waals surface area contributed by atoms with E-state index in [2.05, 4.69) is 27.9 Å². The van der Waals surface area contributed by atoms with Crippen LogP contribution < -0.4 is 0 Å². The Morgan fingerprint density at radius 1 is 1.27 bits per heavy atom. The monoisotopic (exact) mass is 197 g/mol. The topological polar surface area (TPSA) is 41.6 Å². The molecule has 3 aromatic rings. The largest absolute Gasteiger partial charge is 0.342 e. The van der Waals surface area contributed by atoms with Crippen molar-refractivity contribution in [3.8, 4) is 0 Å². The highest BCUT2D eigenvalue weighted by Gasteiger charge is 2.05. The van der Waals surface area contributed by atoms with Gasteiger partial charge in [-0.1, -0.05) is 6.92 Å². The first-order chi connectivity index (χ1) is 7.38. The summed E-state index contributed by atoms with van der Waals surface area (Å²) in [5.41, 5.74) is 3.11. The second-order valence-electron chi connectivity index (χ2n) is 3.57. The van der Waals surface area contributed by atoms with E-state index in [-0.39, 0.29) is 0 Å². The van der Waals surface area contributed by atoms with Gasteiger partial charge < -0.3 is 4.98 Å². The Morgan fingerprint density at radius 3 is 3.07 bits per heavy atom. The van der Waals surface area contributed by atoms with Crippen LogP contribution in [0.2, 0.25) is 0 Å². The lowest BCUT2D eigenvalue weighted by Crippen LogP contribution is -1.80. The van der Waals surface area contributed by atoms with E-state index in [4.69, 9.17) is 0 Å². The molecule has 0 radical (unpaired) electrons. The summed E-state index contributed by atoms with van der Waals surface area (Å²) in [7, 11) is 0. The van der Waals surface area contributed by atoms with Crippen LogP contribution in [0.15, 0.2) is 30.5 Å². The van der Waals surface area contributed by atoms with Crippen LogP contribution in [0.1, 0.15) is 12.7 Å². The molecule has 0 saturated carbocycles. The SMILES string of the molecule is CCc1nc2c(ccc3ncccc32)[nH]1.